The van der Waals surface area contributed by atoms with Crippen LogP contribution in [-0.4, -0.2) is 29.4 Å². The van der Waals surface area contributed by atoms with Gasteiger partial charge in [0, 0.05) is 5.54 Å². The molecule has 0 rings (SSSR count). The summed E-state index contributed by atoms with van der Waals surface area (Å²) in [5.74, 6) is 0.329. The number of rotatable bonds is 5. The Hall–Kier alpha value is -0.770. The summed E-state index contributed by atoms with van der Waals surface area (Å²) in [5.41, 5.74) is -0.442. The molecule has 0 aromatic carbocycles. The molecule has 0 saturated heterocycles. The van der Waals surface area contributed by atoms with Gasteiger partial charge in [-0.2, -0.15) is 0 Å². The minimum absolute atomic E-state index is 0.329. The Morgan fingerprint density at radius 3 is 2.33 bits per heavy atom. The first-order valence-electron chi connectivity index (χ1n) is 5.36. The maximum Gasteiger partial charge on any atom is 0.407 e. The maximum atomic E-state index is 11.3. The van der Waals surface area contributed by atoms with Crippen molar-refractivity contribution in [3.63, 3.8) is 0 Å². The molecule has 0 unspecified atom stereocenters. The molecule has 0 saturated carbocycles. The largest absolute Gasteiger partial charge is 0.449 e. The zero-order chi connectivity index (χ0) is 12.1. The average molecular weight is 217 g/mol. The van der Waals surface area contributed by atoms with E-state index in [0.717, 1.165) is 0 Å². The number of hydrogen-bond donors (Lipinski definition) is 2. The summed E-state index contributed by atoms with van der Waals surface area (Å²) in [7, 11) is 0. The number of amides is 1. The van der Waals surface area contributed by atoms with E-state index in [4.69, 9.17) is 4.74 Å². The van der Waals surface area contributed by atoms with E-state index in [1.54, 1.807) is 6.92 Å². The quantitative estimate of drug-likeness (QED) is 0.739. The summed E-state index contributed by atoms with van der Waals surface area (Å²) >= 11 is 0. The maximum absolute atomic E-state index is 11.3. The highest BCUT2D eigenvalue weighted by molar-refractivity contribution is 5.68. The van der Waals surface area contributed by atoms with Crippen LogP contribution in [0.3, 0.4) is 0 Å². The van der Waals surface area contributed by atoms with Gasteiger partial charge in [0.2, 0.25) is 0 Å². The molecule has 4 nitrogen and oxygen atoms in total. The van der Waals surface area contributed by atoms with E-state index in [1.807, 2.05) is 27.7 Å². The fraction of sp³-hybridized carbons (Fsp3) is 0.909. The molecule has 0 fully saturated rings. The van der Waals surface area contributed by atoms with Gasteiger partial charge < -0.3 is 15.2 Å². The Morgan fingerprint density at radius 1 is 1.40 bits per heavy atom. The Morgan fingerprint density at radius 2 is 1.93 bits per heavy atom. The van der Waals surface area contributed by atoms with Crippen LogP contribution in [0.1, 0.15) is 41.0 Å². The molecule has 90 valence electrons. The highest BCUT2D eigenvalue weighted by Gasteiger charge is 2.23. The molecule has 1 amide bonds. The Balaban J connectivity index is 3.93. The smallest absolute Gasteiger partial charge is 0.407 e. The van der Waals surface area contributed by atoms with Crippen LogP contribution >= 0.6 is 0 Å². The van der Waals surface area contributed by atoms with Crippen molar-refractivity contribution in [1.82, 2.24) is 5.32 Å². The van der Waals surface area contributed by atoms with Gasteiger partial charge in [0.1, 0.15) is 0 Å². The first-order valence-corrected chi connectivity index (χ1v) is 5.36. The van der Waals surface area contributed by atoms with E-state index >= 15 is 0 Å². The lowest BCUT2D eigenvalue weighted by Crippen LogP contribution is -2.45. The molecule has 0 heterocycles. The van der Waals surface area contributed by atoms with Crippen LogP contribution in [-0.2, 0) is 4.74 Å². The number of carbonyl (C=O) groups is 1. The Kier molecular flexibility index (Phi) is 5.65. The number of aliphatic hydroxyl groups is 1. The lowest BCUT2D eigenvalue weighted by molar-refractivity contribution is 0.109. The standard InChI is InChI=1S/C11H23NO3/c1-8(2)7-15-10(14)12-11(4,5)6-9(3)13/h8-9,13H,6-7H2,1-5H3,(H,12,14)/t9-/m0/s1. The average Bonchev–Trinajstić information content (AvgIpc) is 1.96. The van der Waals surface area contributed by atoms with Crippen molar-refractivity contribution in [2.45, 2.75) is 52.7 Å². The van der Waals surface area contributed by atoms with E-state index in [0.29, 0.717) is 18.9 Å². The van der Waals surface area contributed by atoms with Gasteiger partial charge in [-0.3, -0.25) is 0 Å². The molecule has 15 heavy (non-hydrogen) atoms. The summed E-state index contributed by atoms with van der Waals surface area (Å²) in [6, 6.07) is 0. The topological polar surface area (TPSA) is 58.6 Å². The zero-order valence-electron chi connectivity index (χ0n) is 10.3. The summed E-state index contributed by atoms with van der Waals surface area (Å²) < 4.78 is 4.99. The SMILES string of the molecule is CC(C)COC(=O)NC(C)(C)C[C@H](C)O. The molecular weight excluding hydrogens is 194 g/mol. The summed E-state index contributed by atoms with van der Waals surface area (Å²) in [6.45, 7) is 9.79. The number of ether oxygens (including phenoxy) is 1. The highest BCUT2D eigenvalue weighted by Crippen LogP contribution is 2.11. The van der Waals surface area contributed by atoms with Crippen LogP contribution in [0, 0.1) is 5.92 Å². The third-order valence-corrected chi connectivity index (χ3v) is 1.79. The lowest BCUT2D eigenvalue weighted by Gasteiger charge is -2.27. The van der Waals surface area contributed by atoms with E-state index in [-0.39, 0.29) is 0 Å². The van der Waals surface area contributed by atoms with Gasteiger partial charge in [-0.25, -0.2) is 4.79 Å². The van der Waals surface area contributed by atoms with Crippen LogP contribution in [0.15, 0.2) is 0 Å². The molecule has 0 aromatic heterocycles. The number of aliphatic hydroxyl groups excluding tert-OH is 1. The van der Waals surface area contributed by atoms with Gasteiger partial charge in [0.15, 0.2) is 0 Å². The molecule has 2 N–H and O–H groups in total. The van der Waals surface area contributed by atoms with E-state index in [9.17, 15) is 9.90 Å². The van der Waals surface area contributed by atoms with Crippen molar-refractivity contribution in [2.24, 2.45) is 5.92 Å². The van der Waals surface area contributed by atoms with E-state index < -0.39 is 17.7 Å². The van der Waals surface area contributed by atoms with E-state index in [2.05, 4.69) is 5.32 Å². The molecular formula is C11H23NO3. The van der Waals surface area contributed by atoms with Gasteiger partial charge in [0.25, 0.3) is 0 Å². The third kappa shape index (κ3) is 8.24. The fourth-order valence-electron chi connectivity index (χ4n) is 1.34. The van der Waals surface area contributed by atoms with Gasteiger partial charge in [-0.15, -0.1) is 0 Å². The number of hydrogen-bond acceptors (Lipinski definition) is 3. The normalized spacial score (nSPS) is 13.8. The lowest BCUT2D eigenvalue weighted by atomic mass is 9.98. The molecule has 0 aliphatic heterocycles. The van der Waals surface area contributed by atoms with Crippen molar-refractivity contribution in [3.05, 3.63) is 0 Å². The van der Waals surface area contributed by atoms with Gasteiger partial charge in [-0.1, -0.05) is 13.8 Å². The number of carbonyl (C=O) groups excluding carboxylic acids is 1. The minimum atomic E-state index is -0.442. The van der Waals surface area contributed by atoms with Gasteiger partial charge >= 0.3 is 6.09 Å². The molecule has 0 radical (unpaired) electrons. The van der Waals surface area contributed by atoms with E-state index in [1.165, 1.54) is 0 Å². The summed E-state index contributed by atoms with van der Waals surface area (Å²) in [4.78, 5) is 11.3. The van der Waals surface area contributed by atoms with Crippen molar-refractivity contribution < 1.29 is 14.6 Å². The van der Waals surface area contributed by atoms with Crippen LogP contribution in [0.5, 0.6) is 0 Å². The summed E-state index contributed by atoms with van der Waals surface area (Å²) in [5, 5.41) is 11.9. The Labute approximate surface area is 92.0 Å². The molecule has 4 heteroatoms. The minimum Gasteiger partial charge on any atom is -0.449 e. The van der Waals surface area contributed by atoms with Gasteiger partial charge in [-0.05, 0) is 33.1 Å². The second-order valence-corrected chi connectivity index (χ2v) is 5.05. The first kappa shape index (κ1) is 14.2. The number of alkyl carbamates (subject to hydrolysis) is 1. The van der Waals surface area contributed by atoms with Crippen LogP contribution < -0.4 is 5.32 Å². The predicted molar refractivity (Wildman–Crippen MR) is 59.7 cm³/mol. The molecule has 1 atom stereocenters. The molecule has 0 aromatic rings. The Bertz CT molecular complexity index is 200. The van der Waals surface area contributed by atoms with Crippen molar-refractivity contribution in [2.75, 3.05) is 6.61 Å². The highest BCUT2D eigenvalue weighted by atomic mass is 16.5. The first-order chi connectivity index (χ1) is 6.73. The van der Waals surface area contributed by atoms with Gasteiger partial charge in [0.05, 0.1) is 12.7 Å². The zero-order valence-corrected chi connectivity index (χ0v) is 10.3. The fourth-order valence-corrected chi connectivity index (χ4v) is 1.34. The van der Waals surface area contributed by atoms with Crippen LogP contribution in [0.25, 0.3) is 0 Å². The second-order valence-electron chi connectivity index (χ2n) is 5.05. The monoisotopic (exact) mass is 217 g/mol. The molecule has 0 spiro atoms. The van der Waals surface area contributed by atoms with Crippen molar-refractivity contribution >= 4 is 6.09 Å². The third-order valence-electron chi connectivity index (χ3n) is 1.79. The second kappa shape index (κ2) is 5.95. The molecule has 0 bridgehead atoms. The molecule has 0 aliphatic rings. The summed E-state index contributed by atoms with van der Waals surface area (Å²) in [6.07, 6.45) is -0.358. The number of nitrogens with one attached hydrogen (secondary N) is 1. The molecule has 0 aliphatic carbocycles. The van der Waals surface area contributed by atoms with Crippen LogP contribution in [0.2, 0.25) is 0 Å². The van der Waals surface area contributed by atoms with Crippen molar-refractivity contribution in [3.8, 4) is 0 Å². The predicted octanol–water partition coefficient (Wildman–Crippen LogP) is 1.92. The van der Waals surface area contributed by atoms with Crippen molar-refractivity contribution in [1.29, 1.82) is 0 Å². The van der Waals surface area contributed by atoms with Crippen LogP contribution in [0.4, 0.5) is 4.79 Å².